The zero-order valence-electron chi connectivity index (χ0n) is 9.70. The Labute approximate surface area is 106 Å². The second-order valence-corrected chi connectivity index (χ2v) is 4.34. The number of imidazole rings is 1. The van der Waals surface area contributed by atoms with Gasteiger partial charge >= 0.3 is 0 Å². The molecular formula is C10H11F2N5O2. The molecule has 2 aromatic heterocycles. The molecule has 2 atom stereocenters. The minimum atomic E-state index is -3.11. The summed E-state index contributed by atoms with van der Waals surface area (Å²) < 4.78 is 34.0. The summed E-state index contributed by atoms with van der Waals surface area (Å²) in [6, 6.07) is 0. The number of anilines is 1. The van der Waals surface area contributed by atoms with Gasteiger partial charge in [0.25, 0.3) is 5.92 Å². The fourth-order valence-electron chi connectivity index (χ4n) is 2.15. The molecule has 7 nitrogen and oxygen atoms in total. The lowest BCUT2D eigenvalue weighted by Crippen LogP contribution is -2.25. The Morgan fingerprint density at radius 2 is 2.26 bits per heavy atom. The van der Waals surface area contributed by atoms with E-state index >= 15 is 0 Å². The van der Waals surface area contributed by atoms with Gasteiger partial charge in [0.1, 0.15) is 11.8 Å². The quantitative estimate of drug-likeness (QED) is 0.816. The molecule has 0 spiro atoms. The lowest BCUT2D eigenvalue weighted by atomic mass is 10.2. The highest BCUT2D eigenvalue weighted by atomic mass is 19.3. The Kier molecular flexibility index (Phi) is 2.61. The normalized spacial score (nSPS) is 26.1. The summed E-state index contributed by atoms with van der Waals surface area (Å²) in [7, 11) is 0. The van der Waals surface area contributed by atoms with Crippen molar-refractivity contribution in [1.82, 2.24) is 19.5 Å². The lowest BCUT2D eigenvalue weighted by molar-refractivity contribution is -0.116. The van der Waals surface area contributed by atoms with E-state index < -0.39 is 31.3 Å². The summed E-state index contributed by atoms with van der Waals surface area (Å²) in [5.74, 6) is -3.00. The highest BCUT2D eigenvalue weighted by molar-refractivity contribution is 5.81. The van der Waals surface area contributed by atoms with Gasteiger partial charge < -0.3 is 15.6 Å². The van der Waals surface area contributed by atoms with Crippen molar-refractivity contribution in [2.24, 2.45) is 0 Å². The third kappa shape index (κ3) is 1.81. The summed E-state index contributed by atoms with van der Waals surface area (Å²) in [4.78, 5) is 11.6. The molecule has 19 heavy (non-hydrogen) atoms. The number of nitrogens with two attached hydrogens (primary N) is 1. The molecule has 1 saturated heterocycles. The average Bonchev–Trinajstić information content (AvgIpc) is 2.90. The molecule has 0 unspecified atom stereocenters. The molecule has 1 aliphatic rings. The number of hydrogen-bond donors (Lipinski definition) is 2. The highest BCUT2D eigenvalue weighted by Gasteiger charge is 2.51. The SMILES string of the molecule is Nc1ncnc2c1ncn2[C@H]1O[C@@H](CO)CC1(F)F. The summed E-state index contributed by atoms with van der Waals surface area (Å²) in [5.41, 5.74) is 6.02. The van der Waals surface area contributed by atoms with E-state index in [0.717, 1.165) is 4.57 Å². The van der Waals surface area contributed by atoms with Crippen molar-refractivity contribution >= 4 is 17.0 Å². The van der Waals surface area contributed by atoms with Crippen LogP contribution in [0.25, 0.3) is 11.2 Å². The van der Waals surface area contributed by atoms with E-state index in [4.69, 9.17) is 15.6 Å². The van der Waals surface area contributed by atoms with Crippen molar-refractivity contribution < 1.29 is 18.6 Å². The van der Waals surface area contributed by atoms with Crippen molar-refractivity contribution in [3.63, 3.8) is 0 Å². The van der Waals surface area contributed by atoms with Crippen LogP contribution in [0.4, 0.5) is 14.6 Å². The van der Waals surface area contributed by atoms with Gasteiger partial charge in [0.2, 0.25) is 6.23 Å². The first-order chi connectivity index (χ1) is 9.03. The van der Waals surface area contributed by atoms with E-state index in [1.807, 2.05) is 0 Å². The van der Waals surface area contributed by atoms with Crippen molar-refractivity contribution in [3.05, 3.63) is 12.7 Å². The van der Waals surface area contributed by atoms with Gasteiger partial charge in [-0.3, -0.25) is 4.57 Å². The minimum absolute atomic E-state index is 0.115. The number of rotatable bonds is 2. The van der Waals surface area contributed by atoms with Crippen LogP contribution in [0.3, 0.4) is 0 Å². The van der Waals surface area contributed by atoms with Crippen LogP contribution >= 0.6 is 0 Å². The van der Waals surface area contributed by atoms with Crippen molar-refractivity contribution in [2.45, 2.75) is 24.7 Å². The molecule has 102 valence electrons. The molecule has 3 heterocycles. The van der Waals surface area contributed by atoms with Crippen LogP contribution in [0.2, 0.25) is 0 Å². The Morgan fingerprint density at radius 1 is 1.47 bits per heavy atom. The van der Waals surface area contributed by atoms with Crippen LogP contribution < -0.4 is 5.73 Å². The first kappa shape index (κ1) is 12.2. The molecule has 0 aromatic carbocycles. The van der Waals surface area contributed by atoms with E-state index in [1.165, 1.54) is 12.7 Å². The Hall–Kier alpha value is -1.87. The number of halogens is 2. The maximum Gasteiger partial charge on any atom is 0.295 e. The number of aromatic nitrogens is 4. The number of alkyl halides is 2. The highest BCUT2D eigenvalue weighted by Crippen LogP contribution is 2.43. The predicted molar refractivity (Wildman–Crippen MR) is 60.3 cm³/mol. The maximum absolute atomic E-state index is 13.9. The number of hydrogen-bond acceptors (Lipinski definition) is 6. The Bertz CT molecular complexity index is 617. The molecule has 9 heteroatoms. The van der Waals surface area contributed by atoms with E-state index in [-0.39, 0.29) is 17.0 Å². The van der Waals surface area contributed by atoms with E-state index in [1.54, 1.807) is 0 Å². The summed E-state index contributed by atoms with van der Waals surface area (Å²) >= 11 is 0. The minimum Gasteiger partial charge on any atom is -0.394 e. The van der Waals surface area contributed by atoms with Gasteiger partial charge in [-0.1, -0.05) is 0 Å². The van der Waals surface area contributed by atoms with E-state index in [2.05, 4.69) is 15.0 Å². The largest absolute Gasteiger partial charge is 0.394 e. The van der Waals surface area contributed by atoms with Crippen LogP contribution in [0.1, 0.15) is 12.6 Å². The van der Waals surface area contributed by atoms with Crippen LogP contribution in [0, 0.1) is 0 Å². The first-order valence-corrected chi connectivity index (χ1v) is 5.60. The molecule has 0 amide bonds. The van der Waals surface area contributed by atoms with Crippen molar-refractivity contribution in [1.29, 1.82) is 0 Å². The fourth-order valence-corrected chi connectivity index (χ4v) is 2.15. The first-order valence-electron chi connectivity index (χ1n) is 5.60. The smallest absolute Gasteiger partial charge is 0.295 e. The molecule has 3 rings (SSSR count). The average molecular weight is 271 g/mol. The Balaban J connectivity index is 2.07. The van der Waals surface area contributed by atoms with Crippen molar-refractivity contribution in [3.8, 4) is 0 Å². The molecule has 0 aliphatic carbocycles. The molecule has 1 fully saturated rings. The second kappa shape index (κ2) is 4.07. The third-order valence-electron chi connectivity index (χ3n) is 3.03. The van der Waals surface area contributed by atoms with Gasteiger partial charge in [0.15, 0.2) is 11.5 Å². The lowest BCUT2D eigenvalue weighted by Gasteiger charge is -2.19. The van der Waals surface area contributed by atoms with Gasteiger partial charge in [0.05, 0.1) is 19.0 Å². The molecule has 0 saturated carbocycles. The van der Waals surface area contributed by atoms with Crippen LogP contribution in [-0.2, 0) is 4.74 Å². The van der Waals surface area contributed by atoms with E-state index in [0.29, 0.717) is 0 Å². The van der Waals surface area contributed by atoms with Gasteiger partial charge in [-0.25, -0.2) is 23.7 Å². The zero-order chi connectivity index (χ0) is 13.6. The number of aliphatic hydroxyl groups excluding tert-OH is 1. The van der Waals surface area contributed by atoms with Gasteiger partial charge in [0, 0.05) is 6.42 Å². The predicted octanol–water partition coefficient (Wildman–Crippen LogP) is 0.324. The van der Waals surface area contributed by atoms with Crippen molar-refractivity contribution in [2.75, 3.05) is 12.3 Å². The van der Waals surface area contributed by atoms with Gasteiger partial charge in [-0.15, -0.1) is 0 Å². The third-order valence-corrected chi connectivity index (χ3v) is 3.03. The second-order valence-electron chi connectivity index (χ2n) is 4.34. The van der Waals surface area contributed by atoms with Crippen LogP contribution in [0.5, 0.6) is 0 Å². The van der Waals surface area contributed by atoms with Gasteiger partial charge in [-0.2, -0.15) is 0 Å². The van der Waals surface area contributed by atoms with Gasteiger partial charge in [-0.05, 0) is 0 Å². The molecule has 3 N–H and O–H groups in total. The number of fused-ring (bicyclic) bond motifs is 1. The standard InChI is InChI=1S/C10H11F2N5O2/c11-10(12)1-5(2-18)19-9(10)17-4-16-6-7(13)14-3-15-8(6)17/h3-5,9,18H,1-2H2,(H2,13,14,15)/t5-,9+/m1/s1. The number of ether oxygens (including phenoxy) is 1. The van der Waals surface area contributed by atoms with E-state index in [9.17, 15) is 8.78 Å². The summed E-state index contributed by atoms with van der Waals surface area (Å²) in [6.45, 7) is -0.462. The number of aliphatic hydroxyl groups is 1. The monoisotopic (exact) mass is 271 g/mol. The topological polar surface area (TPSA) is 99.1 Å². The molecule has 2 aromatic rings. The molecule has 0 bridgehead atoms. The van der Waals surface area contributed by atoms with Crippen LogP contribution in [0.15, 0.2) is 12.7 Å². The summed E-state index contributed by atoms with van der Waals surface area (Å²) in [6.07, 6.45) is -0.643. The maximum atomic E-state index is 13.9. The fraction of sp³-hybridized carbons (Fsp3) is 0.500. The zero-order valence-corrected chi connectivity index (χ0v) is 9.70. The Morgan fingerprint density at radius 3 is 2.95 bits per heavy atom. The van der Waals surface area contributed by atoms with Crippen LogP contribution in [-0.4, -0.2) is 43.3 Å². The molecule has 1 aliphatic heterocycles. The number of nitrogen functional groups attached to an aromatic ring is 1. The molecule has 0 radical (unpaired) electrons. The summed E-state index contributed by atoms with van der Waals surface area (Å²) in [5, 5.41) is 8.94. The molecular weight excluding hydrogens is 260 g/mol. The number of nitrogens with zero attached hydrogens (tertiary/aromatic N) is 4.